The Morgan fingerprint density at radius 1 is 0.840 bits per heavy atom. The summed E-state index contributed by atoms with van der Waals surface area (Å²) in [4.78, 5) is 21.3. The Balaban J connectivity index is 0.000000443. The summed E-state index contributed by atoms with van der Waals surface area (Å²) >= 11 is 0. The molecule has 0 unspecified atom stereocenters. The van der Waals surface area contributed by atoms with E-state index in [2.05, 4.69) is 10.6 Å². The van der Waals surface area contributed by atoms with Crippen LogP contribution in [0.2, 0.25) is 0 Å². The van der Waals surface area contributed by atoms with E-state index in [1.54, 1.807) is 12.2 Å². The number of hydrogen-bond donors (Lipinski definition) is 2. The van der Waals surface area contributed by atoms with Gasteiger partial charge in [-0.15, -0.1) is 25.1 Å². The van der Waals surface area contributed by atoms with Crippen LogP contribution in [0.15, 0.2) is 72.1 Å². The van der Waals surface area contributed by atoms with Crippen LogP contribution in [0.5, 0.6) is 0 Å². The maximum Gasteiger partial charge on any atom is 0.145 e. The number of anilines is 2. The Hall–Kier alpha value is -2.36. The molecule has 0 saturated carbocycles. The van der Waals surface area contributed by atoms with E-state index in [1.165, 1.54) is 13.8 Å². The third-order valence-corrected chi connectivity index (χ3v) is 2.85. The van der Waals surface area contributed by atoms with Gasteiger partial charge in [0.1, 0.15) is 11.6 Å². The van der Waals surface area contributed by atoms with Crippen molar-refractivity contribution in [3.8, 4) is 0 Å². The van der Waals surface area contributed by atoms with E-state index in [4.69, 9.17) is 0 Å². The maximum absolute atomic E-state index is 10.7. The molecule has 0 aliphatic heterocycles. The minimum atomic E-state index is 0. The van der Waals surface area contributed by atoms with E-state index >= 15 is 0 Å². The summed E-state index contributed by atoms with van der Waals surface area (Å²) in [5.74, 6) is 0.123. The van der Waals surface area contributed by atoms with E-state index in [-0.39, 0.29) is 28.6 Å². The zero-order valence-corrected chi connectivity index (χ0v) is 16.0. The van der Waals surface area contributed by atoms with Gasteiger partial charge >= 0.3 is 0 Å². The van der Waals surface area contributed by atoms with Gasteiger partial charge in [-0.1, -0.05) is 18.3 Å². The molecule has 140 valence electrons. The molecule has 0 aliphatic rings. The number of rotatable bonds is 6. The summed E-state index contributed by atoms with van der Waals surface area (Å²) in [6.07, 6.45) is 3.15. The van der Waals surface area contributed by atoms with Crippen molar-refractivity contribution >= 4 is 22.9 Å². The van der Waals surface area contributed by atoms with Crippen molar-refractivity contribution in [2.75, 3.05) is 10.6 Å². The summed E-state index contributed by atoms with van der Waals surface area (Å²) in [5, 5.41) is 6.19. The Morgan fingerprint density at radius 2 is 1.28 bits per heavy atom. The summed E-state index contributed by atoms with van der Waals surface area (Å²) in [6.45, 7) is 6.81. The first-order valence-corrected chi connectivity index (χ1v) is 7.72. The summed E-state index contributed by atoms with van der Waals surface area (Å²) < 4.78 is 0. The van der Waals surface area contributed by atoms with Crippen LogP contribution in [0, 0.1) is 0 Å². The quantitative estimate of drug-likeness (QED) is 0.436. The number of ketones is 2. The van der Waals surface area contributed by atoms with Crippen LogP contribution in [0.1, 0.15) is 27.7 Å². The summed E-state index contributed by atoms with van der Waals surface area (Å²) in [5.41, 5.74) is 3.78. The molecular formula is C20H24FeN2O2-6. The van der Waals surface area contributed by atoms with Gasteiger partial charge in [-0.2, -0.15) is 12.1 Å². The Bertz CT molecular complexity index is 634. The molecule has 2 N–H and O–H groups in total. The molecule has 0 aliphatic carbocycles. The number of allylic oxidation sites excluding steroid dienone is 4. The number of nitrogens with one attached hydrogen (secondary N) is 2. The van der Waals surface area contributed by atoms with Crippen LogP contribution in [0.3, 0.4) is 0 Å². The van der Waals surface area contributed by atoms with E-state index < -0.39 is 0 Å². The fourth-order valence-electron chi connectivity index (χ4n) is 2.05. The fourth-order valence-corrected chi connectivity index (χ4v) is 2.05. The zero-order valence-electron chi connectivity index (χ0n) is 14.9. The van der Waals surface area contributed by atoms with Crippen LogP contribution in [0.25, 0.3) is 0 Å². The molecule has 0 radical (unpaired) electrons. The van der Waals surface area contributed by atoms with Gasteiger partial charge in [-0.05, 0) is 19.9 Å². The molecule has 2 rings (SSSR count). The Labute approximate surface area is 160 Å². The second kappa shape index (κ2) is 12.1. The van der Waals surface area contributed by atoms with Gasteiger partial charge in [-0.3, -0.25) is 9.59 Å². The van der Waals surface area contributed by atoms with Gasteiger partial charge in [0.05, 0.1) is 0 Å². The third-order valence-electron chi connectivity index (χ3n) is 2.85. The van der Waals surface area contributed by atoms with Crippen LogP contribution < -0.4 is 10.6 Å². The first kappa shape index (κ1) is 22.6. The van der Waals surface area contributed by atoms with Gasteiger partial charge in [0.2, 0.25) is 0 Å². The molecule has 0 aromatic heterocycles. The van der Waals surface area contributed by atoms with Gasteiger partial charge in [-0.25, -0.2) is 5.70 Å². The second-order valence-electron chi connectivity index (χ2n) is 5.47. The van der Waals surface area contributed by atoms with Gasteiger partial charge in [0, 0.05) is 17.1 Å². The minimum absolute atomic E-state index is 0. The fraction of sp³-hybridized carbons (Fsp3) is 0.200. The zero-order chi connectivity index (χ0) is 17.9. The first-order valence-electron chi connectivity index (χ1n) is 7.72. The summed E-state index contributed by atoms with van der Waals surface area (Å²) in [7, 11) is 0. The topological polar surface area (TPSA) is 58.2 Å². The van der Waals surface area contributed by atoms with Crippen molar-refractivity contribution in [1.82, 2.24) is 0 Å². The average molecular weight is 380 g/mol. The summed E-state index contributed by atoms with van der Waals surface area (Å²) in [6, 6.07) is 15.6. The molecule has 0 fully saturated rings. The molecule has 0 atom stereocenters. The van der Waals surface area contributed by atoms with E-state index in [9.17, 15) is 9.59 Å². The van der Waals surface area contributed by atoms with E-state index in [0.717, 1.165) is 22.8 Å². The van der Waals surface area contributed by atoms with Crippen LogP contribution in [-0.4, -0.2) is 11.6 Å². The molecule has 0 heterocycles. The van der Waals surface area contributed by atoms with Crippen LogP contribution in [0.4, 0.5) is 11.4 Å². The SMILES string of the molecule is CC(=O)C=C(C)N[c-]1[cH-][cH-][cH-][cH-]1.CC(=O)C=C(C)N[c-]1cccc1.[Fe]. The molecule has 0 bridgehead atoms. The minimum Gasteiger partial charge on any atom is -0.699 e. The molecule has 5 heteroatoms. The molecular weight excluding hydrogens is 356 g/mol. The predicted octanol–water partition coefficient (Wildman–Crippen LogP) is 4.62. The average Bonchev–Trinajstić information content (AvgIpc) is 3.11. The molecule has 2 aromatic rings. The first-order chi connectivity index (χ1) is 11.4. The molecule has 0 saturated heterocycles. The monoisotopic (exact) mass is 380 g/mol. The van der Waals surface area contributed by atoms with Crippen molar-refractivity contribution in [1.29, 1.82) is 0 Å². The van der Waals surface area contributed by atoms with E-state index in [0.29, 0.717) is 0 Å². The van der Waals surface area contributed by atoms with E-state index in [1.807, 2.05) is 62.4 Å². The van der Waals surface area contributed by atoms with Gasteiger partial charge < -0.3 is 40.6 Å². The van der Waals surface area contributed by atoms with Crippen molar-refractivity contribution in [3.05, 3.63) is 72.1 Å². The molecule has 4 nitrogen and oxygen atoms in total. The normalized spacial score (nSPS) is 10.9. The van der Waals surface area contributed by atoms with Crippen molar-refractivity contribution in [2.24, 2.45) is 0 Å². The smallest absolute Gasteiger partial charge is 0.145 e. The molecule has 0 spiro atoms. The largest absolute Gasteiger partial charge is 0.699 e. The second-order valence-corrected chi connectivity index (χ2v) is 5.47. The molecule has 25 heavy (non-hydrogen) atoms. The van der Waals surface area contributed by atoms with Gasteiger partial charge in [0.15, 0.2) is 0 Å². The molecule has 2 aromatic carbocycles. The standard InChI is InChI=1S/2C10H12NO.Fe/c2*1-8(7-9(2)12)11-10-5-3-4-6-10;/h2*3-7,11H,1-2H3;/q-5;-1;. The maximum atomic E-state index is 10.7. The van der Waals surface area contributed by atoms with Crippen molar-refractivity contribution in [2.45, 2.75) is 27.7 Å². The van der Waals surface area contributed by atoms with Crippen molar-refractivity contribution < 1.29 is 26.7 Å². The number of hydrogen-bond acceptors (Lipinski definition) is 4. The van der Waals surface area contributed by atoms with Crippen LogP contribution in [-0.2, 0) is 26.7 Å². The third kappa shape index (κ3) is 10.9. The Kier molecular flexibility index (Phi) is 10.9. The number of carbonyl (C=O) groups excluding carboxylic acids is 2. The predicted molar refractivity (Wildman–Crippen MR) is 100 cm³/mol. The Morgan fingerprint density at radius 3 is 1.72 bits per heavy atom. The van der Waals surface area contributed by atoms with Gasteiger partial charge in [0.25, 0.3) is 0 Å². The van der Waals surface area contributed by atoms with Crippen molar-refractivity contribution in [3.63, 3.8) is 0 Å². The molecule has 0 amide bonds. The number of carbonyl (C=O) groups is 2. The van der Waals surface area contributed by atoms with Crippen LogP contribution >= 0.6 is 0 Å².